The van der Waals surface area contributed by atoms with Crippen molar-refractivity contribution in [1.29, 1.82) is 0 Å². The monoisotopic (exact) mass is 836 g/mol. The Bertz CT molecular complexity index is 2450. The molecule has 62 heavy (non-hydrogen) atoms. The number of ether oxygens (including phenoxy) is 4. The predicted octanol–water partition coefficient (Wildman–Crippen LogP) is 11.0. The zero-order valence-corrected chi connectivity index (χ0v) is 36.7. The fourth-order valence-corrected chi connectivity index (χ4v) is 10.00. The highest BCUT2D eigenvalue weighted by molar-refractivity contribution is 5.90. The number of benzene rings is 4. The fraction of sp³-hybridized carbons (Fsp3) is 0.426. The molecule has 0 radical (unpaired) electrons. The van der Waals surface area contributed by atoms with Gasteiger partial charge in [0.15, 0.2) is 12.2 Å². The van der Waals surface area contributed by atoms with E-state index in [2.05, 4.69) is 72.8 Å². The zero-order valence-electron chi connectivity index (χ0n) is 36.7. The van der Waals surface area contributed by atoms with Gasteiger partial charge in [0.2, 0.25) is 0 Å². The lowest BCUT2D eigenvalue weighted by molar-refractivity contribution is -0.201. The summed E-state index contributed by atoms with van der Waals surface area (Å²) in [6.45, 7) is 6.24. The van der Waals surface area contributed by atoms with E-state index < -0.39 is 35.4 Å². The minimum atomic E-state index is -1.10. The van der Waals surface area contributed by atoms with E-state index in [0.29, 0.717) is 60.1 Å². The minimum absolute atomic E-state index is 0.0200. The lowest BCUT2D eigenvalue weighted by atomic mass is 9.71. The van der Waals surface area contributed by atoms with Gasteiger partial charge in [-0.25, -0.2) is 9.59 Å². The predicted molar refractivity (Wildman–Crippen MR) is 241 cm³/mol. The second-order valence-electron chi connectivity index (χ2n) is 18.1. The van der Waals surface area contributed by atoms with Crippen molar-refractivity contribution in [3.05, 3.63) is 158 Å². The average Bonchev–Trinajstić information content (AvgIpc) is 3.27. The lowest BCUT2D eigenvalue weighted by Gasteiger charge is -2.49. The molecule has 4 atom stereocenters. The van der Waals surface area contributed by atoms with Crippen molar-refractivity contribution in [2.24, 2.45) is 11.8 Å². The molecule has 4 aromatic carbocycles. The summed E-state index contributed by atoms with van der Waals surface area (Å²) in [4.78, 5) is 43.0. The van der Waals surface area contributed by atoms with Gasteiger partial charge in [0.1, 0.15) is 16.9 Å². The summed E-state index contributed by atoms with van der Waals surface area (Å²) >= 11 is 0. The first-order valence-corrected chi connectivity index (χ1v) is 22.6. The maximum atomic E-state index is 14.8. The van der Waals surface area contributed by atoms with E-state index in [1.807, 2.05) is 45.0 Å². The van der Waals surface area contributed by atoms with Crippen molar-refractivity contribution < 1.29 is 33.0 Å². The number of carbonyl (C=O) groups is 2. The van der Waals surface area contributed by atoms with Crippen LogP contribution in [-0.2, 0) is 55.9 Å². The molecule has 3 aliphatic heterocycles. The second-order valence-corrected chi connectivity index (χ2v) is 18.1. The van der Waals surface area contributed by atoms with E-state index in [4.69, 9.17) is 23.4 Å². The number of esters is 2. The van der Waals surface area contributed by atoms with E-state index in [9.17, 15) is 14.4 Å². The van der Waals surface area contributed by atoms with Crippen molar-refractivity contribution in [3.8, 4) is 5.75 Å². The number of fused-ring (bicyclic) bond motifs is 13. The number of rotatable bonds is 9. The normalized spacial score (nSPS) is 22.3. The Morgan fingerprint density at radius 3 is 2.26 bits per heavy atom. The molecule has 1 aromatic heterocycles. The van der Waals surface area contributed by atoms with Crippen LogP contribution >= 0.6 is 0 Å². The number of hydrogen-bond acceptors (Lipinski definition) is 8. The summed E-state index contributed by atoms with van der Waals surface area (Å²) in [7, 11) is 1.59. The Balaban J connectivity index is 1.19. The van der Waals surface area contributed by atoms with Gasteiger partial charge in [0, 0.05) is 42.4 Å². The summed E-state index contributed by atoms with van der Waals surface area (Å²) < 4.78 is 32.0. The quantitative estimate of drug-likeness (QED) is 0.0822. The summed E-state index contributed by atoms with van der Waals surface area (Å²) in [6.07, 6.45) is 7.60. The molecule has 8 heteroatoms. The molecule has 5 aromatic rings. The molecule has 8 nitrogen and oxygen atoms in total. The van der Waals surface area contributed by atoms with E-state index in [-0.39, 0.29) is 23.8 Å². The first-order chi connectivity index (χ1) is 30.1. The molecule has 0 N–H and O–H groups in total. The van der Waals surface area contributed by atoms with Gasteiger partial charge in [-0.15, -0.1) is 0 Å². The standard InChI is InChI=1S/C54H60O8/c1-35(2)45-26-24-36-18-20-39(21-19-36)32-41(23-22-38-14-11-15-40(31-38)30-37-12-7-5-8-13-37)33-47(55)59-50-48-46(27-25-42-34-43(28-29-58-4)52(56)60-49(42)48)62-54(3,51(50)61-53(45)57)44-16-9-6-10-17-44/h5,7-8,11-15,18-21,25,27,31,34,41,44,50-51H,6,9-10,16-17,22-24,26,28-30,32-33H2,1-4H3/t41-,50-,51+,54+/m1/s1. The van der Waals surface area contributed by atoms with E-state index >= 15 is 0 Å². The van der Waals surface area contributed by atoms with Crippen LogP contribution in [0.1, 0.15) is 117 Å². The van der Waals surface area contributed by atoms with E-state index in [1.165, 1.54) is 16.7 Å². The summed E-state index contributed by atoms with van der Waals surface area (Å²) in [5.74, 6) is -0.418. The molecule has 9 rings (SSSR count). The molecule has 1 fully saturated rings. The van der Waals surface area contributed by atoms with Gasteiger partial charge in [-0.2, -0.15) is 0 Å². The Morgan fingerprint density at radius 1 is 0.758 bits per heavy atom. The van der Waals surface area contributed by atoms with Crippen molar-refractivity contribution in [2.45, 2.75) is 122 Å². The van der Waals surface area contributed by atoms with Gasteiger partial charge in [0.05, 0.1) is 12.2 Å². The SMILES string of the molecule is COCCc1cc2ccc3c(c2oc1=O)[C@H]1OC(=O)C[C@H](CCc2cccc(Cc4ccccc4)c2)Cc2ccc(cc2)CCC(=C(C)C)C(=O)O[C@@H]1[C@](C)(C1CCCCC1)O3. The fourth-order valence-electron chi connectivity index (χ4n) is 10.00. The molecular weight excluding hydrogens is 777 g/mol. The first-order valence-electron chi connectivity index (χ1n) is 22.6. The molecule has 0 saturated heterocycles. The Morgan fingerprint density at radius 2 is 1.50 bits per heavy atom. The van der Waals surface area contributed by atoms with Gasteiger partial charge in [0.25, 0.3) is 0 Å². The zero-order chi connectivity index (χ0) is 43.2. The molecule has 0 unspecified atom stereocenters. The topological polar surface area (TPSA) is 101 Å². The maximum absolute atomic E-state index is 14.8. The highest BCUT2D eigenvalue weighted by atomic mass is 16.6. The molecule has 2 bridgehead atoms. The van der Waals surface area contributed by atoms with Gasteiger partial charge >= 0.3 is 17.6 Å². The molecule has 0 amide bonds. The minimum Gasteiger partial charge on any atom is -0.483 e. The van der Waals surface area contributed by atoms with Crippen LogP contribution in [0.3, 0.4) is 0 Å². The molecule has 4 heterocycles. The van der Waals surface area contributed by atoms with Crippen LogP contribution < -0.4 is 10.4 Å². The number of carbonyl (C=O) groups excluding carboxylic acids is 2. The largest absolute Gasteiger partial charge is 0.483 e. The molecule has 324 valence electrons. The summed E-state index contributed by atoms with van der Waals surface area (Å²) in [5.41, 5.74) is 7.10. The van der Waals surface area contributed by atoms with Crippen molar-refractivity contribution in [2.75, 3.05) is 13.7 Å². The molecule has 0 spiro atoms. The first kappa shape index (κ1) is 43.2. The van der Waals surface area contributed by atoms with Gasteiger partial charge in [-0.1, -0.05) is 104 Å². The Labute approximate surface area is 365 Å². The van der Waals surface area contributed by atoms with E-state index in [0.717, 1.165) is 68.1 Å². The van der Waals surface area contributed by atoms with Crippen LogP contribution in [0.15, 0.2) is 117 Å². The molecule has 1 aliphatic carbocycles. The average molecular weight is 837 g/mol. The van der Waals surface area contributed by atoms with Crippen LogP contribution in [0.25, 0.3) is 11.0 Å². The van der Waals surface area contributed by atoms with Gasteiger partial charge in [-0.05, 0) is 124 Å². The summed E-state index contributed by atoms with van der Waals surface area (Å²) in [6, 6.07) is 33.4. The number of allylic oxidation sites excluding steroid dienone is 1. The second kappa shape index (κ2) is 19.3. The number of aryl methyl sites for hydroxylation is 2. The van der Waals surface area contributed by atoms with Gasteiger partial charge < -0.3 is 23.4 Å². The van der Waals surface area contributed by atoms with Crippen molar-refractivity contribution in [3.63, 3.8) is 0 Å². The third-order valence-electron chi connectivity index (χ3n) is 13.5. The molecule has 1 saturated carbocycles. The number of hydrogen-bond donors (Lipinski definition) is 0. The van der Waals surface area contributed by atoms with E-state index in [1.54, 1.807) is 7.11 Å². The Kier molecular flexibility index (Phi) is 13.4. The summed E-state index contributed by atoms with van der Waals surface area (Å²) in [5, 5.41) is 0.660. The van der Waals surface area contributed by atoms with Crippen LogP contribution in [-0.4, -0.2) is 37.4 Å². The smallest absolute Gasteiger partial charge is 0.339 e. The molecular formula is C54H60O8. The molecule has 4 aliphatic rings. The highest BCUT2D eigenvalue weighted by Crippen LogP contribution is 2.52. The number of methoxy groups -OCH3 is 1. The lowest BCUT2D eigenvalue weighted by Crippen LogP contribution is -2.58. The van der Waals surface area contributed by atoms with Crippen LogP contribution in [0, 0.1) is 11.8 Å². The van der Waals surface area contributed by atoms with Crippen LogP contribution in [0.2, 0.25) is 0 Å². The van der Waals surface area contributed by atoms with Crippen LogP contribution in [0.4, 0.5) is 0 Å². The third-order valence-corrected chi connectivity index (χ3v) is 13.5. The highest BCUT2D eigenvalue weighted by Gasteiger charge is 2.56. The van der Waals surface area contributed by atoms with Crippen molar-refractivity contribution >= 4 is 22.9 Å². The van der Waals surface area contributed by atoms with Crippen molar-refractivity contribution in [1.82, 2.24) is 0 Å². The maximum Gasteiger partial charge on any atom is 0.339 e. The van der Waals surface area contributed by atoms with Crippen LogP contribution in [0.5, 0.6) is 5.75 Å². The third kappa shape index (κ3) is 9.76. The van der Waals surface area contributed by atoms with Gasteiger partial charge in [-0.3, -0.25) is 4.79 Å². The Hall–Kier alpha value is -5.47.